The van der Waals surface area contributed by atoms with E-state index in [0.29, 0.717) is 29.7 Å². The third-order valence-corrected chi connectivity index (χ3v) is 4.11. The summed E-state index contributed by atoms with van der Waals surface area (Å²) in [5.74, 6) is 0.530. The number of aromatic nitrogens is 3. The average Bonchev–Trinajstić information content (AvgIpc) is 2.71. The lowest BCUT2D eigenvalue weighted by molar-refractivity contribution is -0.274. The first-order chi connectivity index (χ1) is 14.8. The number of nitrogens with one attached hydrogen (secondary N) is 2. The van der Waals surface area contributed by atoms with Gasteiger partial charge < -0.3 is 20.3 Å². The van der Waals surface area contributed by atoms with Crippen LogP contribution in [0.4, 0.5) is 30.6 Å². The van der Waals surface area contributed by atoms with Crippen LogP contribution in [0.5, 0.6) is 5.75 Å². The quantitative estimate of drug-likeness (QED) is 0.481. The van der Waals surface area contributed by atoms with Gasteiger partial charge in [-0.15, -0.1) is 13.2 Å². The fourth-order valence-corrected chi connectivity index (χ4v) is 2.78. The Kier molecular flexibility index (Phi) is 7.24. The van der Waals surface area contributed by atoms with Gasteiger partial charge in [0, 0.05) is 42.3 Å². The summed E-state index contributed by atoms with van der Waals surface area (Å²) < 4.78 is 41.5. The second kappa shape index (κ2) is 10.1. The lowest BCUT2D eigenvalue weighted by Crippen LogP contribution is -2.17. The largest absolute Gasteiger partial charge is 0.573 e. The van der Waals surface area contributed by atoms with Crippen LogP contribution in [0.25, 0.3) is 11.3 Å². The second-order valence-electron chi connectivity index (χ2n) is 6.98. The van der Waals surface area contributed by atoms with Crippen molar-refractivity contribution in [3.05, 3.63) is 54.9 Å². The number of halogens is 3. The molecule has 0 fully saturated rings. The van der Waals surface area contributed by atoms with Crippen LogP contribution in [-0.2, 0) is 0 Å². The Labute approximate surface area is 178 Å². The number of rotatable bonds is 9. The number of ether oxygens (including phenoxy) is 1. The van der Waals surface area contributed by atoms with E-state index in [1.807, 2.05) is 26.2 Å². The average molecular weight is 432 g/mol. The minimum atomic E-state index is -4.76. The summed E-state index contributed by atoms with van der Waals surface area (Å²) >= 11 is 0. The van der Waals surface area contributed by atoms with Gasteiger partial charge in [-0.2, -0.15) is 4.98 Å². The van der Waals surface area contributed by atoms with E-state index >= 15 is 0 Å². The molecule has 3 aromatic rings. The van der Waals surface area contributed by atoms with Crippen molar-refractivity contribution in [1.82, 2.24) is 19.9 Å². The zero-order valence-corrected chi connectivity index (χ0v) is 17.1. The predicted octanol–water partition coefficient (Wildman–Crippen LogP) is 4.54. The van der Waals surface area contributed by atoms with Crippen LogP contribution in [-0.4, -0.2) is 53.4 Å². The van der Waals surface area contributed by atoms with Crippen molar-refractivity contribution >= 4 is 17.5 Å². The van der Waals surface area contributed by atoms with E-state index in [1.165, 1.54) is 18.2 Å². The van der Waals surface area contributed by atoms with Gasteiger partial charge in [-0.25, -0.2) is 4.98 Å². The first-order valence-electron chi connectivity index (χ1n) is 9.59. The summed E-state index contributed by atoms with van der Waals surface area (Å²) in [4.78, 5) is 15.1. The first kappa shape index (κ1) is 22.3. The van der Waals surface area contributed by atoms with Crippen molar-refractivity contribution in [2.75, 3.05) is 37.8 Å². The van der Waals surface area contributed by atoms with Crippen molar-refractivity contribution in [3.8, 4) is 17.0 Å². The molecule has 0 aliphatic heterocycles. The third-order valence-electron chi connectivity index (χ3n) is 4.11. The maximum atomic E-state index is 12.5. The SMILES string of the molecule is CN(C)CCCNc1nc(Nc2cccc(OC(F)(F)F)c2)cc(-c2ccncc2)n1. The fourth-order valence-electron chi connectivity index (χ4n) is 2.78. The van der Waals surface area contributed by atoms with Crippen molar-refractivity contribution in [2.45, 2.75) is 12.8 Å². The van der Waals surface area contributed by atoms with Gasteiger partial charge in [-0.1, -0.05) is 6.07 Å². The first-order valence-corrected chi connectivity index (χ1v) is 9.59. The Morgan fingerprint density at radius 3 is 2.52 bits per heavy atom. The van der Waals surface area contributed by atoms with Gasteiger partial charge in [0.05, 0.1) is 5.69 Å². The van der Waals surface area contributed by atoms with Crippen molar-refractivity contribution in [3.63, 3.8) is 0 Å². The van der Waals surface area contributed by atoms with Crippen LogP contribution in [0.3, 0.4) is 0 Å². The number of pyridine rings is 1. The van der Waals surface area contributed by atoms with E-state index in [4.69, 9.17) is 0 Å². The molecule has 0 radical (unpaired) electrons. The van der Waals surface area contributed by atoms with E-state index < -0.39 is 6.36 Å². The highest BCUT2D eigenvalue weighted by Crippen LogP contribution is 2.28. The molecule has 3 rings (SSSR count). The summed E-state index contributed by atoms with van der Waals surface area (Å²) in [6.07, 6.45) is -0.541. The number of anilines is 3. The zero-order valence-electron chi connectivity index (χ0n) is 17.1. The molecule has 2 aromatic heterocycles. The molecule has 2 heterocycles. The molecule has 0 spiro atoms. The predicted molar refractivity (Wildman–Crippen MR) is 113 cm³/mol. The summed E-state index contributed by atoms with van der Waals surface area (Å²) in [5.41, 5.74) is 1.89. The van der Waals surface area contributed by atoms with Gasteiger partial charge in [0.25, 0.3) is 0 Å². The van der Waals surface area contributed by atoms with Gasteiger partial charge in [0.15, 0.2) is 0 Å². The minimum absolute atomic E-state index is 0.317. The normalized spacial score (nSPS) is 11.4. The van der Waals surface area contributed by atoms with Gasteiger partial charge in [0.2, 0.25) is 5.95 Å². The van der Waals surface area contributed by atoms with Gasteiger partial charge in [-0.05, 0) is 51.3 Å². The molecule has 10 heteroatoms. The van der Waals surface area contributed by atoms with E-state index in [0.717, 1.165) is 18.5 Å². The molecule has 2 N–H and O–H groups in total. The van der Waals surface area contributed by atoms with Crippen LogP contribution in [0.1, 0.15) is 6.42 Å². The molecule has 0 aliphatic rings. The highest BCUT2D eigenvalue weighted by Gasteiger charge is 2.31. The Morgan fingerprint density at radius 1 is 1.03 bits per heavy atom. The standard InChI is InChI=1S/C21H23F3N6O/c1-30(2)12-4-9-26-20-28-18(15-7-10-25-11-8-15)14-19(29-20)27-16-5-3-6-17(13-16)31-21(22,23)24/h3,5-8,10-11,13-14H,4,9,12H2,1-2H3,(H2,26,27,28,29). The molecule has 0 amide bonds. The Bertz CT molecular complexity index is 982. The summed E-state index contributed by atoms with van der Waals surface area (Å²) in [6, 6.07) is 10.9. The summed E-state index contributed by atoms with van der Waals surface area (Å²) in [5, 5.41) is 6.23. The molecule has 0 atom stereocenters. The van der Waals surface area contributed by atoms with Gasteiger partial charge in [0.1, 0.15) is 11.6 Å². The number of hydrogen-bond acceptors (Lipinski definition) is 7. The van der Waals surface area contributed by atoms with Crippen LogP contribution in [0, 0.1) is 0 Å². The van der Waals surface area contributed by atoms with Gasteiger partial charge in [-0.3, -0.25) is 4.98 Å². The van der Waals surface area contributed by atoms with Crippen LogP contribution in [0.2, 0.25) is 0 Å². The van der Waals surface area contributed by atoms with Crippen LogP contribution >= 0.6 is 0 Å². The Morgan fingerprint density at radius 2 is 1.81 bits per heavy atom. The molecule has 0 saturated carbocycles. The van der Waals surface area contributed by atoms with E-state index in [-0.39, 0.29) is 5.75 Å². The molecule has 31 heavy (non-hydrogen) atoms. The molecule has 0 aliphatic carbocycles. The molecule has 0 bridgehead atoms. The van der Waals surface area contributed by atoms with E-state index in [9.17, 15) is 13.2 Å². The van der Waals surface area contributed by atoms with Crippen molar-refractivity contribution < 1.29 is 17.9 Å². The second-order valence-corrected chi connectivity index (χ2v) is 6.98. The molecular weight excluding hydrogens is 409 g/mol. The van der Waals surface area contributed by atoms with Crippen molar-refractivity contribution in [2.24, 2.45) is 0 Å². The Hall–Kier alpha value is -3.40. The number of hydrogen-bond donors (Lipinski definition) is 2. The smallest absolute Gasteiger partial charge is 0.406 e. The molecule has 0 saturated heterocycles. The molecule has 7 nitrogen and oxygen atoms in total. The topological polar surface area (TPSA) is 75.2 Å². The lowest BCUT2D eigenvalue weighted by atomic mass is 10.2. The molecule has 1 aromatic carbocycles. The van der Waals surface area contributed by atoms with E-state index in [1.54, 1.807) is 24.5 Å². The number of alkyl halides is 3. The highest BCUT2D eigenvalue weighted by atomic mass is 19.4. The number of benzene rings is 1. The van der Waals surface area contributed by atoms with Crippen LogP contribution in [0.15, 0.2) is 54.9 Å². The third kappa shape index (κ3) is 7.41. The monoisotopic (exact) mass is 432 g/mol. The molecule has 0 unspecified atom stereocenters. The number of nitrogens with zero attached hydrogens (tertiary/aromatic N) is 4. The van der Waals surface area contributed by atoms with Gasteiger partial charge >= 0.3 is 6.36 Å². The van der Waals surface area contributed by atoms with Crippen LogP contribution < -0.4 is 15.4 Å². The van der Waals surface area contributed by atoms with Crippen molar-refractivity contribution in [1.29, 1.82) is 0 Å². The summed E-state index contributed by atoms with van der Waals surface area (Å²) in [6.45, 7) is 1.58. The Balaban J connectivity index is 1.83. The lowest BCUT2D eigenvalue weighted by Gasteiger charge is -2.14. The summed E-state index contributed by atoms with van der Waals surface area (Å²) in [7, 11) is 4.00. The minimum Gasteiger partial charge on any atom is -0.406 e. The maximum Gasteiger partial charge on any atom is 0.573 e. The zero-order chi connectivity index (χ0) is 22.3. The maximum absolute atomic E-state index is 12.5. The van der Waals surface area contributed by atoms with E-state index in [2.05, 4.69) is 35.2 Å². The fraction of sp³-hybridized carbons (Fsp3) is 0.286. The molecule has 164 valence electrons. The highest BCUT2D eigenvalue weighted by molar-refractivity contribution is 5.67. The molecular formula is C21H23F3N6O.